The van der Waals surface area contributed by atoms with Gasteiger partial charge in [0, 0.05) is 15.6 Å². The number of rotatable bonds is 3. The molecule has 0 saturated heterocycles. The molecule has 0 bridgehead atoms. The fraction of sp³-hybridized carbons (Fsp3) is 0.182. The van der Waals surface area contributed by atoms with Crippen molar-refractivity contribution >= 4 is 35.0 Å². The van der Waals surface area contributed by atoms with Crippen LogP contribution in [0.3, 0.4) is 0 Å². The summed E-state index contributed by atoms with van der Waals surface area (Å²) in [4.78, 5) is 22.7. The van der Waals surface area contributed by atoms with Gasteiger partial charge >= 0.3 is 5.97 Å². The van der Waals surface area contributed by atoms with E-state index in [0.29, 0.717) is 0 Å². The Labute approximate surface area is 108 Å². The third kappa shape index (κ3) is 2.76. The number of hydrogen-bond acceptors (Lipinski definition) is 4. The van der Waals surface area contributed by atoms with Gasteiger partial charge in [-0.2, -0.15) is 5.26 Å². The van der Waals surface area contributed by atoms with Gasteiger partial charge in [-0.3, -0.25) is 4.79 Å². The molecule has 1 aromatic rings. The van der Waals surface area contributed by atoms with E-state index in [1.807, 2.05) is 0 Å². The number of nitrogens with zero attached hydrogens (tertiary/aromatic N) is 1. The lowest BCUT2D eigenvalue weighted by molar-refractivity contribution is -0.151. The Morgan fingerprint density at radius 3 is 2.29 bits per heavy atom. The van der Waals surface area contributed by atoms with Crippen molar-refractivity contribution in [3.63, 3.8) is 0 Å². The normalized spacial score (nSPS) is 11.4. The standard InChI is InChI=1S/C11H7Cl2NO3/c1-17-11(16)10(15)6(5-14)9-7(12)3-2-4-8(9)13/h2-4,6H,1H3/t6-/m1/s1. The number of nitriles is 1. The van der Waals surface area contributed by atoms with Crippen molar-refractivity contribution in [2.24, 2.45) is 0 Å². The lowest BCUT2D eigenvalue weighted by Gasteiger charge is -2.10. The Bertz CT molecular complexity index is 488. The van der Waals surface area contributed by atoms with Gasteiger partial charge in [-0.05, 0) is 12.1 Å². The van der Waals surface area contributed by atoms with E-state index in [1.54, 1.807) is 12.1 Å². The van der Waals surface area contributed by atoms with Gasteiger partial charge < -0.3 is 4.74 Å². The largest absolute Gasteiger partial charge is 0.463 e. The van der Waals surface area contributed by atoms with E-state index in [0.717, 1.165) is 7.11 Å². The molecule has 0 heterocycles. The van der Waals surface area contributed by atoms with E-state index in [2.05, 4.69) is 4.74 Å². The third-order valence-electron chi connectivity index (χ3n) is 2.07. The highest BCUT2D eigenvalue weighted by Crippen LogP contribution is 2.31. The molecule has 0 amide bonds. The Morgan fingerprint density at radius 2 is 1.88 bits per heavy atom. The smallest absolute Gasteiger partial charge is 0.376 e. The zero-order chi connectivity index (χ0) is 13.0. The first-order chi connectivity index (χ1) is 8.02. The van der Waals surface area contributed by atoms with Crippen LogP contribution in [0.1, 0.15) is 11.5 Å². The second-order valence-corrected chi connectivity index (χ2v) is 3.87. The third-order valence-corrected chi connectivity index (χ3v) is 2.73. The van der Waals surface area contributed by atoms with Crippen LogP contribution in [0, 0.1) is 11.3 Å². The van der Waals surface area contributed by atoms with Crippen LogP contribution < -0.4 is 0 Å². The number of methoxy groups -OCH3 is 1. The van der Waals surface area contributed by atoms with Gasteiger partial charge in [-0.15, -0.1) is 0 Å². The molecular weight excluding hydrogens is 265 g/mol. The molecule has 0 saturated carbocycles. The maximum Gasteiger partial charge on any atom is 0.376 e. The molecule has 1 rings (SSSR count). The van der Waals surface area contributed by atoms with Crippen molar-refractivity contribution in [2.45, 2.75) is 5.92 Å². The highest BCUT2D eigenvalue weighted by molar-refractivity contribution is 6.40. The Morgan fingerprint density at radius 1 is 1.35 bits per heavy atom. The summed E-state index contributed by atoms with van der Waals surface area (Å²) in [5.41, 5.74) is 0.119. The van der Waals surface area contributed by atoms with Gasteiger partial charge in [-0.25, -0.2) is 4.79 Å². The molecule has 4 nitrogen and oxygen atoms in total. The molecule has 0 fully saturated rings. The monoisotopic (exact) mass is 271 g/mol. The zero-order valence-electron chi connectivity index (χ0n) is 8.74. The Kier molecular flexibility index (Phi) is 4.50. The predicted octanol–water partition coefficient (Wildman–Crippen LogP) is 2.34. The van der Waals surface area contributed by atoms with Gasteiger partial charge in [0.2, 0.25) is 0 Å². The summed E-state index contributed by atoms with van der Waals surface area (Å²) >= 11 is 11.7. The van der Waals surface area contributed by atoms with Crippen molar-refractivity contribution in [3.05, 3.63) is 33.8 Å². The van der Waals surface area contributed by atoms with Crippen LogP contribution in [0.25, 0.3) is 0 Å². The van der Waals surface area contributed by atoms with Crippen LogP contribution in [0.5, 0.6) is 0 Å². The number of carbonyl (C=O) groups excluding carboxylic acids is 2. The maximum atomic E-state index is 11.6. The summed E-state index contributed by atoms with van der Waals surface area (Å²) in [6.45, 7) is 0. The van der Waals surface area contributed by atoms with Crippen molar-refractivity contribution in [2.75, 3.05) is 7.11 Å². The molecule has 1 aromatic carbocycles. The van der Waals surface area contributed by atoms with Crippen LogP contribution in [0.4, 0.5) is 0 Å². The molecular formula is C11H7Cl2NO3. The molecule has 1 atom stereocenters. The topological polar surface area (TPSA) is 67.2 Å². The predicted molar refractivity (Wildman–Crippen MR) is 61.8 cm³/mol. The van der Waals surface area contributed by atoms with E-state index in [1.165, 1.54) is 12.1 Å². The molecule has 0 spiro atoms. The summed E-state index contributed by atoms with van der Waals surface area (Å²) in [5, 5.41) is 9.26. The lowest BCUT2D eigenvalue weighted by atomic mass is 9.96. The number of ketones is 1. The van der Waals surface area contributed by atoms with Crippen LogP contribution in [0.15, 0.2) is 18.2 Å². The summed E-state index contributed by atoms with van der Waals surface area (Å²) in [6, 6.07) is 6.24. The van der Waals surface area contributed by atoms with Crippen LogP contribution >= 0.6 is 23.2 Å². The molecule has 0 aliphatic heterocycles. The van der Waals surface area contributed by atoms with Crippen molar-refractivity contribution in [1.29, 1.82) is 5.26 Å². The molecule has 0 aromatic heterocycles. The van der Waals surface area contributed by atoms with Gasteiger partial charge in [0.1, 0.15) is 5.92 Å². The van der Waals surface area contributed by atoms with E-state index in [9.17, 15) is 9.59 Å². The first-order valence-electron chi connectivity index (χ1n) is 4.48. The Hall–Kier alpha value is -1.57. The van der Waals surface area contributed by atoms with Crippen LogP contribution in [-0.2, 0) is 14.3 Å². The summed E-state index contributed by atoms with van der Waals surface area (Å²) in [6.07, 6.45) is 0. The highest BCUT2D eigenvalue weighted by Gasteiger charge is 2.30. The van der Waals surface area contributed by atoms with Crippen molar-refractivity contribution < 1.29 is 14.3 Å². The average molecular weight is 272 g/mol. The number of benzene rings is 1. The van der Waals surface area contributed by atoms with Crippen molar-refractivity contribution in [3.8, 4) is 6.07 Å². The Balaban J connectivity index is 3.25. The van der Waals surface area contributed by atoms with Crippen LogP contribution in [0.2, 0.25) is 10.0 Å². The fourth-order valence-corrected chi connectivity index (χ4v) is 1.87. The van der Waals surface area contributed by atoms with E-state index in [-0.39, 0.29) is 15.6 Å². The number of hydrogen-bond donors (Lipinski definition) is 0. The van der Waals surface area contributed by atoms with Gasteiger partial charge in [0.15, 0.2) is 0 Å². The first-order valence-corrected chi connectivity index (χ1v) is 5.24. The van der Waals surface area contributed by atoms with E-state index >= 15 is 0 Å². The fourth-order valence-electron chi connectivity index (χ4n) is 1.26. The second-order valence-electron chi connectivity index (χ2n) is 3.05. The second kappa shape index (κ2) is 5.67. The summed E-state index contributed by atoms with van der Waals surface area (Å²) < 4.78 is 4.27. The molecule has 6 heteroatoms. The van der Waals surface area contributed by atoms with Gasteiger partial charge in [0.05, 0.1) is 13.2 Å². The number of halogens is 2. The quantitative estimate of drug-likeness (QED) is 0.625. The van der Waals surface area contributed by atoms with E-state index < -0.39 is 17.7 Å². The number of carbonyl (C=O) groups is 2. The number of esters is 1. The minimum absolute atomic E-state index is 0.119. The maximum absolute atomic E-state index is 11.6. The molecule has 0 unspecified atom stereocenters. The highest BCUT2D eigenvalue weighted by atomic mass is 35.5. The minimum Gasteiger partial charge on any atom is -0.463 e. The molecule has 88 valence electrons. The molecule has 0 aliphatic carbocycles. The minimum atomic E-state index is -1.36. The first kappa shape index (κ1) is 13.5. The summed E-state index contributed by atoms with van der Waals surface area (Å²) in [7, 11) is 1.06. The average Bonchev–Trinajstić information content (AvgIpc) is 2.32. The van der Waals surface area contributed by atoms with Gasteiger partial charge in [0.25, 0.3) is 5.78 Å². The summed E-state index contributed by atoms with van der Waals surface area (Å²) in [5.74, 6) is -3.46. The van der Waals surface area contributed by atoms with Gasteiger partial charge in [-0.1, -0.05) is 29.3 Å². The molecule has 0 aliphatic rings. The number of Topliss-reactive ketones (excluding diaryl/α,β-unsaturated/α-hetero) is 1. The molecule has 0 radical (unpaired) electrons. The van der Waals surface area contributed by atoms with Crippen LogP contribution in [-0.4, -0.2) is 18.9 Å². The van der Waals surface area contributed by atoms with Crippen molar-refractivity contribution in [1.82, 2.24) is 0 Å². The van der Waals surface area contributed by atoms with E-state index in [4.69, 9.17) is 28.5 Å². The number of ether oxygens (including phenoxy) is 1. The zero-order valence-corrected chi connectivity index (χ0v) is 10.2. The molecule has 17 heavy (non-hydrogen) atoms. The lowest BCUT2D eigenvalue weighted by Crippen LogP contribution is -2.23. The molecule has 0 N–H and O–H groups in total. The SMILES string of the molecule is COC(=O)C(=O)[C@H](C#N)c1c(Cl)cccc1Cl.